The van der Waals surface area contributed by atoms with Crippen LogP contribution >= 0.6 is 24.0 Å². The molecule has 0 radical (unpaired) electrons. The highest BCUT2D eigenvalue weighted by Crippen LogP contribution is 2.19. The summed E-state index contributed by atoms with van der Waals surface area (Å²) in [4.78, 5) is 8.89. The van der Waals surface area contributed by atoms with Gasteiger partial charge in [0.2, 0.25) is 0 Å². The Morgan fingerprint density at radius 3 is 2.42 bits per heavy atom. The lowest BCUT2D eigenvalue weighted by atomic mass is 9.93. The quantitative estimate of drug-likeness (QED) is 0.292. The van der Waals surface area contributed by atoms with Gasteiger partial charge in [-0.3, -0.25) is 9.98 Å². The van der Waals surface area contributed by atoms with E-state index in [0.717, 1.165) is 56.8 Å². The topological polar surface area (TPSA) is 69.5 Å². The summed E-state index contributed by atoms with van der Waals surface area (Å²) in [5.74, 6) is 0.758. The Kier molecular flexibility index (Phi) is 12.9. The SMILES string of the molecule is CCCC(O)(CCC)CN=C(NCC)NCCc1ccccn1.I. The van der Waals surface area contributed by atoms with Crippen LogP contribution in [0, 0.1) is 0 Å². The van der Waals surface area contributed by atoms with Crippen molar-refractivity contribution in [1.82, 2.24) is 15.6 Å². The number of aliphatic hydroxyl groups is 1. The molecule has 0 aliphatic rings. The Hall–Kier alpha value is -0.890. The second-order valence-electron chi connectivity index (χ2n) is 5.92. The number of rotatable bonds is 10. The van der Waals surface area contributed by atoms with Gasteiger partial charge in [0, 0.05) is 31.4 Å². The van der Waals surface area contributed by atoms with Crippen LogP contribution in [0.4, 0.5) is 0 Å². The van der Waals surface area contributed by atoms with Gasteiger partial charge in [-0.25, -0.2) is 0 Å². The Morgan fingerprint density at radius 2 is 1.88 bits per heavy atom. The fourth-order valence-electron chi connectivity index (χ4n) is 2.64. The molecule has 0 saturated carbocycles. The van der Waals surface area contributed by atoms with Crippen molar-refractivity contribution in [3.05, 3.63) is 30.1 Å². The molecule has 1 rings (SSSR count). The fourth-order valence-corrected chi connectivity index (χ4v) is 2.64. The summed E-state index contributed by atoms with van der Waals surface area (Å²) >= 11 is 0. The molecule has 0 aliphatic carbocycles. The average Bonchev–Trinajstić information content (AvgIpc) is 2.54. The van der Waals surface area contributed by atoms with Gasteiger partial charge in [0.25, 0.3) is 0 Å². The summed E-state index contributed by atoms with van der Waals surface area (Å²) in [5.41, 5.74) is 0.372. The van der Waals surface area contributed by atoms with Crippen LogP contribution in [0.2, 0.25) is 0 Å². The van der Waals surface area contributed by atoms with Crippen molar-refractivity contribution in [2.75, 3.05) is 19.6 Å². The van der Waals surface area contributed by atoms with E-state index in [4.69, 9.17) is 0 Å². The predicted molar refractivity (Wildman–Crippen MR) is 112 cm³/mol. The first kappa shape index (κ1) is 23.1. The van der Waals surface area contributed by atoms with Gasteiger partial charge >= 0.3 is 0 Å². The minimum Gasteiger partial charge on any atom is -0.388 e. The zero-order chi connectivity index (χ0) is 17.0. The zero-order valence-electron chi connectivity index (χ0n) is 15.2. The molecule has 0 spiro atoms. The molecule has 0 aromatic carbocycles. The second-order valence-corrected chi connectivity index (χ2v) is 5.92. The molecule has 0 atom stereocenters. The van der Waals surface area contributed by atoms with Crippen LogP contribution < -0.4 is 10.6 Å². The summed E-state index contributed by atoms with van der Waals surface area (Å²) in [7, 11) is 0. The van der Waals surface area contributed by atoms with E-state index in [-0.39, 0.29) is 24.0 Å². The lowest BCUT2D eigenvalue weighted by Gasteiger charge is -2.26. The number of guanidine groups is 1. The Balaban J connectivity index is 0.00000529. The lowest BCUT2D eigenvalue weighted by Crippen LogP contribution is -2.40. The maximum absolute atomic E-state index is 10.7. The van der Waals surface area contributed by atoms with Crippen LogP contribution in [-0.2, 0) is 6.42 Å². The molecular formula is C18H33IN4O. The summed E-state index contributed by atoms with van der Waals surface area (Å²) in [5, 5.41) is 17.2. The number of hydrogen-bond donors (Lipinski definition) is 3. The standard InChI is InChI=1S/C18H32N4O.HI/c1-4-11-18(23,12-5-2)15-22-17(19-6-3)21-14-10-16-9-7-8-13-20-16;/h7-9,13,23H,4-6,10-12,14-15H2,1-3H3,(H2,19,21,22);1H. The molecule has 6 heteroatoms. The van der Waals surface area contributed by atoms with Gasteiger partial charge < -0.3 is 15.7 Å². The first-order chi connectivity index (χ1) is 11.1. The molecule has 1 aromatic heterocycles. The highest BCUT2D eigenvalue weighted by Gasteiger charge is 2.24. The van der Waals surface area contributed by atoms with Gasteiger partial charge in [-0.15, -0.1) is 24.0 Å². The molecule has 1 heterocycles. The van der Waals surface area contributed by atoms with Crippen molar-refractivity contribution in [2.24, 2.45) is 4.99 Å². The summed E-state index contributed by atoms with van der Waals surface area (Å²) in [6.45, 7) is 8.24. The third-order valence-electron chi connectivity index (χ3n) is 3.71. The highest BCUT2D eigenvalue weighted by atomic mass is 127. The number of aromatic nitrogens is 1. The molecule has 0 bridgehead atoms. The first-order valence-electron chi connectivity index (χ1n) is 8.78. The fraction of sp³-hybridized carbons (Fsp3) is 0.667. The van der Waals surface area contributed by atoms with Gasteiger partial charge in [-0.05, 0) is 31.9 Å². The van der Waals surface area contributed by atoms with E-state index in [0.29, 0.717) is 6.54 Å². The number of pyridine rings is 1. The summed E-state index contributed by atoms with van der Waals surface area (Å²) in [6.07, 6.45) is 6.17. The normalized spacial score (nSPS) is 11.8. The van der Waals surface area contributed by atoms with Gasteiger partial charge in [0.05, 0.1) is 12.1 Å². The third kappa shape index (κ3) is 9.42. The predicted octanol–water partition coefficient (Wildman–Crippen LogP) is 3.13. The Morgan fingerprint density at radius 1 is 1.17 bits per heavy atom. The molecule has 138 valence electrons. The van der Waals surface area contributed by atoms with Gasteiger partial charge in [0.15, 0.2) is 5.96 Å². The molecule has 0 fully saturated rings. The van der Waals surface area contributed by atoms with Crippen LogP contribution in [0.3, 0.4) is 0 Å². The maximum atomic E-state index is 10.7. The largest absolute Gasteiger partial charge is 0.388 e. The van der Waals surface area contributed by atoms with Crippen molar-refractivity contribution in [1.29, 1.82) is 0 Å². The van der Waals surface area contributed by atoms with E-state index >= 15 is 0 Å². The average molecular weight is 448 g/mol. The van der Waals surface area contributed by atoms with E-state index < -0.39 is 5.60 Å². The molecule has 1 aromatic rings. The molecule has 0 saturated heterocycles. The number of hydrogen-bond acceptors (Lipinski definition) is 3. The monoisotopic (exact) mass is 448 g/mol. The van der Waals surface area contributed by atoms with Crippen LogP contribution in [0.1, 0.15) is 52.1 Å². The van der Waals surface area contributed by atoms with Crippen molar-refractivity contribution >= 4 is 29.9 Å². The summed E-state index contributed by atoms with van der Waals surface area (Å²) in [6, 6.07) is 5.94. The minimum atomic E-state index is -0.688. The smallest absolute Gasteiger partial charge is 0.191 e. The van der Waals surface area contributed by atoms with E-state index in [1.54, 1.807) is 0 Å². The molecule has 24 heavy (non-hydrogen) atoms. The van der Waals surface area contributed by atoms with Gasteiger partial charge in [-0.2, -0.15) is 0 Å². The Labute approximate surface area is 163 Å². The maximum Gasteiger partial charge on any atom is 0.191 e. The van der Waals surface area contributed by atoms with E-state index in [1.807, 2.05) is 31.3 Å². The zero-order valence-corrected chi connectivity index (χ0v) is 17.5. The van der Waals surface area contributed by atoms with Crippen molar-refractivity contribution in [3.63, 3.8) is 0 Å². The van der Waals surface area contributed by atoms with Crippen molar-refractivity contribution in [2.45, 2.75) is 58.5 Å². The van der Waals surface area contributed by atoms with Crippen molar-refractivity contribution < 1.29 is 5.11 Å². The summed E-state index contributed by atoms with van der Waals surface area (Å²) < 4.78 is 0. The van der Waals surface area contributed by atoms with E-state index in [1.165, 1.54) is 0 Å². The molecule has 0 amide bonds. The van der Waals surface area contributed by atoms with Gasteiger partial charge in [0.1, 0.15) is 0 Å². The van der Waals surface area contributed by atoms with Crippen LogP contribution in [0.15, 0.2) is 29.4 Å². The minimum absolute atomic E-state index is 0. The third-order valence-corrected chi connectivity index (χ3v) is 3.71. The van der Waals surface area contributed by atoms with Gasteiger partial charge in [-0.1, -0.05) is 32.8 Å². The lowest BCUT2D eigenvalue weighted by molar-refractivity contribution is 0.0306. The number of nitrogens with zero attached hydrogens (tertiary/aromatic N) is 2. The van der Waals surface area contributed by atoms with E-state index in [2.05, 4.69) is 34.5 Å². The highest BCUT2D eigenvalue weighted by molar-refractivity contribution is 14.0. The van der Waals surface area contributed by atoms with Crippen LogP contribution in [0.5, 0.6) is 0 Å². The molecule has 0 aliphatic heterocycles. The number of nitrogens with one attached hydrogen (secondary N) is 2. The number of aliphatic imine (C=N–C) groups is 1. The van der Waals surface area contributed by atoms with Crippen molar-refractivity contribution in [3.8, 4) is 0 Å². The van der Waals surface area contributed by atoms with E-state index in [9.17, 15) is 5.11 Å². The van der Waals surface area contributed by atoms with Crippen LogP contribution in [0.25, 0.3) is 0 Å². The first-order valence-corrected chi connectivity index (χ1v) is 8.78. The Bertz CT molecular complexity index is 448. The molecule has 5 nitrogen and oxygen atoms in total. The molecule has 3 N–H and O–H groups in total. The molecule has 0 unspecified atom stereocenters. The number of halogens is 1. The second kappa shape index (κ2) is 13.4. The molecular weight excluding hydrogens is 415 g/mol. The van der Waals surface area contributed by atoms with Crippen LogP contribution in [-0.4, -0.2) is 41.3 Å².